The van der Waals surface area contributed by atoms with Crippen molar-refractivity contribution in [3.8, 4) is 0 Å². The average molecular weight is 208 g/mol. The molecule has 0 aliphatic heterocycles. The van der Waals surface area contributed by atoms with Gasteiger partial charge >= 0.3 is 5.97 Å². The quantitative estimate of drug-likeness (QED) is 0.671. The maximum Gasteiger partial charge on any atom is 0.306 e. The fraction of sp³-hybridized carbons (Fsp3) is 0.769. The molecule has 1 atom stereocenters. The molecule has 2 nitrogen and oxygen atoms in total. The molecule has 0 aromatic carbocycles. The summed E-state index contributed by atoms with van der Waals surface area (Å²) in [5.41, 5.74) is 3.29. The van der Waals surface area contributed by atoms with Crippen LogP contribution in [0.25, 0.3) is 0 Å². The van der Waals surface area contributed by atoms with Crippen molar-refractivity contribution in [1.29, 1.82) is 0 Å². The van der Waals surface area contributed by atoms with Crippen molar-refractivity contribution in [3.63, 3.8) is 0 Å². The third-order valence-electron chi connectivity index (χ3n) is 4.12. The summed E-state index contributed by atoms with van der Waals surface area (Å²) in [5, 5.41) is 9.08. The van der Waals surface area contributed by atoms with Crippen LogP contribution in [0.2, 0.25) is 0 Å². The molecule has 0 aromatic heterocycles. The summed E-state index contributed by atoms with van der Waals surface area (Å²) in [7, 11) is 0. The second-order valence-electron chi connectivity index (χ2n) is 5.60. The topological polar surface area (TPSA) is 37.3 Å². The number of aliphatic carboxylic acids is 1. The first kappa shape index (κ1) is 10.7. The lowest BCUT2D eigenvalue weighted by molar-refractivity contribution is -0.142. The molecule has 0 amide bonds. The van der Waals surface area contributed by atoms with Gasteiger partial charge in [-0.15, -0.1) is 0 Å². The smallest absolute Gasteiger partial charge is 0.306 e. The third-order valence-corrected chi connectivity index (χ3v) is 4.12. The van der Waals surface area contributed by atoms with Gasteiger partial charge in [0.15, 0.2) is 0 Å². The summed E-state index contributed by atoms with van der Waals surface area (Å²) in [6.07, 6.45) is 6.39. The molecular formula is C13H20O2. The Balaban J connectivity index is 2.25. The Morgan fingerprint density at radius 2 is 2.13 bits per heavy atom. The van der Waals surface area contributed by atoms with Crippen LogP contribution in [-0.2, 0) is 4.79 Å². The first-order valence-electron chi connectivity index (χ1n) is 5.95. The SMILES string of the molecule is CC1(C)CCCC2=C1CC(C(=O)O)CC2. The number of hydrogen-bond acceptors (Lipinski definition) is 1. The molecule has 15 heavy (non-hydrogen) atoms. The highest BCUT2D eigenvalue weighted by Gasteiger charge is 2.35. The standard InChI is InChI=1S/C13H20O2/c1-13(2)7-3-4-9-5-6-10(12(14)15)8-11(9)13/h10H,3-8H2,1-2H3,(H,14,15). The summed E-state index contributed by atoms with van der Waals surface area (Å²) in [4.78, 5) is 11.0. The Morgan fingerprint density at radius 1 is 1.40 bits per heavy atom. The molecule has 0 spiro atoms. The fourth-order valence-corrected chi connectivity index (χ4v) is 3.13. The monoisotopic (exact) mass is 208 g/mol. The minimum Gasteiger partial charge on any atom is -0.481 e. The molecule has 2 heteroatoms. The van der Waals surface area contributed by atoms with Crippen LogP contribution in [0.15, 0.2) is 11.1 Å². The van der Waals surface area contributed by atoms with Crippen molar-refractivity contribution in [2.24, 2.45) is 11.3 Å². The summed E-state index contributed by atoms with van der Waals surface area (Å²) in [5.74, 6) is -0.732. The van der Waals surface area contributed by atoms with E-state index in [9.17, 15) is 4.79 Å². The van der Waals surface area contributed by atoms with E-state index in [-0.39, 0.29) is 11.3 Å². The van der Waals surface area contributed by atoms with Crippen LogP contribution in [0.3, 0.4) is 0 Å². The molecule has 2 aliphatic rings. The van der Waals surface area contributed by atoms with E-state index in [2.05, 4.69) is 13.8 Å². The van der Waals surface area contributed by atoms with Gasteiger partial charge in [-0.25, -0.2) is 0 Å². The van der Waals surface area contributed by atoms with E-state index in [1.807, 2.05) is 0 Å². The summed E-state index contributed by atoms with van der Waals surface area (Å²) in [6.45, 7) is 4.54. The Hall–Kier alpha value is -0.790. The average Bonchev–Trinajstić information content (AvgIpc) is 2.17. The molecule has 0 heterocycles. The van der Waals surface area contributed by atoms with Gasteiger partial charge in [-0.05, 0) is 43.9 Å². The van der Waals surface area contributed by atoms with Gasteiger partial charge in [0.05, 0.1) is 5.92 Å². The molecule has 2 aliphatic carbocycles. The lowest BCUT2D eigenvalue weighted by Crippen LogP contribution is -2.28. The minimum absolute atomic E-state index is 0.124. The van der Waals surface area contributed by atoms with Crippen LogP contribution in [0.4, 0.5) is 0 Å². The summed E-state index contributed by atoms with van der Waals surface area (Å²) >= 11 is 0. The Labute approximate surface area is 91.4 Å². The van der Waals surface area contributed by atoms with Gasteiger partial charge in [0.2, 0.25) is 0 Å². The molecule has 0 bridgehead atoms. The van der Waals surface area contributed by atoms with Crippen molar-refractivity contribution in [2.75, 3.05) is 0 Å². The van der Waals surface area contributed by atoms with Crippen molar-refractivity contribution in [1.82, 2.24) is 0 Å². The second-order valence-corrected chi connectivity index (χ2v) is 5.60. The Kier molecular flexibility index (Phi) is 2.61. The number of carbonyl (C=O) groups is 1. The first-order valence-corrected chi connectivity index (χ1v) is 5.95. The molecular weight excluding hydrogens is 188 g/mol. The van der Waals surface area contributed by atoms with Crippen LogP contribution in [0.1, 0.15) is 52.4 Å². The van der Waals surface area contributed by atoms with Crippen LogP contribution in [0, 0.1) is 11.3 Å². The number of carboxylic acid groups (broad SMARTS) is 1. The van der Waals surface area contributed by atoms with E-state index in [4.69, 9.17) is 5.11 Å². The Morgan fingerprint density at radius 3 is 2.80 bits per heavy atom. The normalized spacial score (nSPS) is 29.9. The van der Waals surface area contributed by atoms with Crippen molar-refractivity contribution in [2.45, 2.75) is 52.4 Å². The lowest BCUT2D eigenvalue weighted by Gasteiger charge is -2.39. The zero-order valence-electron chi connectivity index (χ0n) is 9.68. The molecule has 0 saturated carbocycles. The Bertz CT molecular complexity index is 312. The summed E-state index contributed by atoms with van der Waals surface area (Å²) < 4.78 is 0. The van der Waals surface area contributed by atoms with E-state index in [1.54, 1.807) is 5.57 Å². The largest absolute Gasteiger partial charge is 0.481 e. The van der Waals surface area contributed by atoms with Gasteiger partial charge in [0.1, 0.15) is 0 Å². The minimum atomic E-state index is -0.608. The lowest BCUT2D eigenvalue weighted by atomic mass is 9.66. The van der Waals surface area contributed by atoms with Crippen molar-refractivity contribution < 1.29 is 9.90 Å². The third kappa shape index (κ3) is 1.95. The molecule has 84 valence electrons. The zero-order valence-corrected chi connectivity index (χ0v) is 9.68. The molecule has 0 radical (unpaired) electrons. The van der Waals surface area contributed by atoms with Crippen LogP contribution in [0.5, 0.6) is 0 Å². The molecule has 0 aromatic rings. The van der Waals surface area contributed by atoms with Crippen molar-refractivity contribution >= 4 is 5.97 Å². The van der Waals surface area contributed by atoms with Gasteiger partial charge < -0.3 is 5.11 Å². The van der Waals surface area contributed by atoms with E-state index < -0.39 is 5.97 Å². The molecule has 1 N–H and O–H groups in total. The highest BCUT2D eigenvalue weighted by atomic mass is 16.4. The van der Waals surface area contributed by atoms with Crippen molar-refractivity contribution in [3.05, 3.63) is 11.1 Å². The van der Waals surface area contributed by atoms with E-state index >= 15 is 0 Å². The number of hydrogen-bond donors (Lipinski definition) is 1. The van der Waals surface area contributed by atoms with Gasteiger partial charge in [-0.2, -0.15) is 0 Å². The highest BCUT2D eigenvalue weighted by Crippen LogP contribution is 2.47. The van der Waals surface area contributed by atoms with Gasteiger partial charge in [0, 0.05) is 0 Å². The van der Waals surface area contributed by atoms with E-state index in [0.29, 0.717) is 0 Å². The first-order chi connectivity index (χ1) is 7.00. The molecule has 2 rings (SSSR count). The van der Waals surface area contributed by atoms with Gasteiger partial charge in [-0.3, -0.25) is 4.79 Å². The number of rotatable bonds is 1. The van der Waals surface area contributed by atoms with Gasteiger partial charge in [0.25, 0.3) is 0 Å². The predicted molar refractivity (Wildman–Crippen MR) is 59.6 cm³/mol. The van der Waals surface area contributed by atoms with Crippen LogP contribution >= 0.6 is 0 Å². The number of carboxylic acids is 1. The molecule has 1 unspecified atom stereocenters. The molecule has 0 saturated heterocycles. The maximum atomic E-state index is 11.0. The highest BCUT2D eigenvalue weighted by molar-refractivity contribution is 5.71. The van der Waals surface area contributed by atoms with Crippen LogP contribution in [-0.4, -0.2) is 11.1 Å². The van der Waals surface area contributed by atoms with Crippen LogP contribution < -0.4 is 0 Å². The summed E-state index contributed by atoms with van der Waals surface area (Å²) in [6, 6.07) is 0. The second kappa shape index (κ2) is 3.66. The zero-order chi connectivity index (χ0) is 11.1. The predicted octanol–water partition coefficient (Wildman–Crippen LogP) is 3.38. The van der Waals surface area contributed by atoms with Gasteiger partial charge in [-0.1, -0.05) is 25.0 Å². The number of allylic oxidation sites excluding steroid dienone is 2. The van der Waals surface area contributed by atoms with E-state index in [1.165, 1.54) is 24.8 Å². The maximum absolute atomic E-state index is 11.0. The molecule has 0 fully saturated rings. The fourth-order valence-electron chi connectivity index (χ4n) is 3.13. The van der Waals surface area contributed by atoms with E-state index in [0.717, 1.165) is 19.3 Å².